The van der Waals surface area contributed by atoms with Crippen molar-refractivity contribution < 1.29 is 19.2 Å². The molecule has 5 rings (SSSR count). The molecule has 0 bridgehead atoms. The molecule has 3 N–H and O–H groups in total. The van der Waals surface area contributed by atoms with E-state index in [0.717, 1.165) is 12.8 Å². The number of benzene rings is 3. The van der Waals surface area contributed by atoms with Crippen molar-refractivity contribution in [2.24, 2.45) is 10.9 Å². The molecule has 3 amide bonds. The summed E-state index contributed by atoms with van der Waals surface area (Å²) >= 11 is 12.9. The number of hydrogen-bond acceptors (Lipinski definition) is 6. The van der Waals surface area contributed by atoms with Crippen LogP contribution in [0.25, 0.3) is 0 Å². The Hall–Kier alpha value is -3.79. The maximum atomic E-state index is 14.1. The molecular formula is C30H28Cl2N4O5. The molecule has 1 aliphatic carbocycles. The fourth-order valence-corrected chi connectivity index (χ4v) is 6.35. The smallest absolute Gasteiger partial charge is 0.255 e. The number of halogens is 2. The minimum absolute atomic E-state index is 0.0217. The third-order valence-corrected chi connectivity index (χ3v) is 8.34. The number of nitrogens with zero attached hydrogens (tertiary/aromatic N) is 2. The van der Waals surface area contributed by atoms with Crippen LogP contribution in [0.1, 0.15) is 75.0 Å². The van der Waals surface area contributed by atoms with Crippen LogP contribution >= 0.6 is 23.2 Å². The summed E-state index contributed by atoms with van der Waals surface area (Å²) in [6.45, 7) is 0.0217. The van der Waals surface area contributed by atoms with E-state index in [-0.39, 0.29) is 12.5 Å². The summed E-state index contributed by atoms with van der Waals surface area (Å²) in [5, 5.41) is 4.08. The number of primary amides is 1. The predicted octanol–water partition coefficient (Wildman–Crippen LogP) is 5.70. The molecule has 1 heterocycles. The predicted molar refractivity (Wildman–Crippen MR) is 154 cm³/mol. The number of rotatable bonds is 8. The van der Waals surface area contributed by atoms with Crippen LogP contribution in [0.5, 0.6) is 0 Å². The molecule has 41 heavy (non-hydrogen) atoms. The third kappa shape index (κ3) is 5.84. The number of hydrogen-bond donors (Lipinski definition) is 2. The molecule has 4 atom stereocenters. The Morgan fingerprint density at radius 2 is 1.73 bits per heavy atom. The average Bonchev–Trinajstić information content (AvgIpc) is 2.97. The molecule has 1 fully saturated rings. The molecule has 11 heteroatoms. The van der Waals surface area contributed by atoms with Crippen molar-refractivity contribution in [2.75, 3.05) is 0 Å². The lowest BCUT2D eigenvalue weighted by Gasteiger charge is -2.47. The fourth-order valence-electron chi connectivity index (χ4n) is 5.83. The van der Waals surface area contributed by atoms with Crippen molar-refractivity contribution in [2.45, 2.75) is 56.3 Å². The van der Waals surface area contributed by atoms with Gasteiger partial charge in [0.1, 0.15) is 6.04 Å². The highest BCUT2D eigenvalue weighted by molar-refractivity contribution is 6.35. The van der Waals surface area contributed by atoms with E-state index in [1.54, 1.807) is 71.6 Å². The minimum atomic E-state index is -0.922. The molecule has 1 saturated carbocycles. The number of amides is 3. The molecule has 212 valence electrons. The summed E-state index contributed by atoms with van der Waals surface area (Å²) in [5.41, 5.74) is 10.3. The van der Waals surface area contributed by atoms with Gasteiger partial charge in [-0.25, -0.2) is 5.48 Å². The molecular weight excluding hydrogens is 567 g/mol. The van der Waals surface area contributed by atoms with Crippen molar-refractivity contribution in [1.82, 2.24) is 10.4 Å². The van der Waals surface area contributed by atoms with Crippen LogP contribution < -0.4 is 11.2 Å². The van der Waals surface area contributed by atoms with Crippen LogP contribution in [0.4, 0.5) is 0 Å². The van der Waals surface area contributed by atoms with Crippen molar-refractivity contribution in [3.05, 3.63) is 109 Å². The Morgan fingerprint density at radius 3 is 2.44 bits per heavy atom. The lowest BCUT2D eigenvalue weighted by Crippen LogP contribution is -2.55. The van der Waals surface area contributed by atoms with Crippen LogP contribution in [-0.4, -0.2) is 34.7 Å². The Balaban J connectivity index is 1.53. The molecule has 0 saturated heterocycles. The van der Waals surface area contributed by atoms with Crippen LogP contribution in [0.3, 0.4) is 0 Å². The standard InChI is InChI=1S/C30H28Cl2N4O5/c31-19-13-14-22(23(32)15-19)27-26(29(38)35-41-16-17-9-11-18(12-10-17)28(33)37)20-5-1-2-6-21(20)30(39)36(27)25-8-4-3-7-24(25)34-40/h1-2,5-6,9-15,24-27H,3-4,7-8,16H2,(H2,33,37)(H,35,38)/t24-,25-,26+,27-/m0/s1. The van der Waals surface area contributed by atoms with Gasteiger partial charge in [0.2, 0.25) is 5.91 Å². The summed E-state index contributed by atoms with van der Waals surface area (Å²) in [6, 6.07) is 16.4. The second kappa shape index (κ2) is 12.4. The van der Waals surface area contributed by atoms with Crippen LogP contribution in [0, 0.1) is 4.91 Å². The summed E-state index contributed by atoms with van der Waals surface area (Å²) < 4.78 is 0. The first-order chi connectivity index (χ1) is 19.8. The Morgan fingerprint density at radius 1 is 1.00 bits per heavy atom. The van der Waals surface area contributed by atoms with E-state index in [1.807, 2.05) is 0 Å². The molecule has 0 unspecified atom stereocenters. The van der Waals surface area contributed by atoms with Gasteiger partial charge in [0.25, 0.3) is 11.8 Å². The Labute approximate surface area is 246 Å². The van der Waals surface area contributed by atoms with Crippen molar-refractivity contribution in [1.29, 1.82) is 0 Å². The number of carbonyl (C=O) groups excluding carboxylic acids is 3. The normalized spacial score (nSPS) is 22.1. The van der Waals surface area contributed by atoms with Gasteiger partial charge in [-0.15, -0.1) is 0 Å². The van der Waals surface area contributed by atoms with Gasteiger partial charge in [0.05, 0.1) is 24.6 Å². The quantitative estimate of drug-likeness (QED) is 0.255. The number of hydroxylamine groups is 1. The van der Waals surface area contributed by atoms with E-state index in [0.29, 0.717) is 50.7 Å². The maximum absolute atomic E-state index is 14.1. The monoisotopic (exact) mass is 594 g/mol. The molecule has 0 spiro atoms. The molecule has 2 aliphatic rings. The highest BCUT2D eigenvalue weighted by Gasteiger charge is 2.49. The number of nitrogens with two attached hydrogens (primary N) is 1. The SMILES string of the molecule is NC(=O)c1ccc(CONC(=O)[C@@H]2c3ccccc3C(=O)N([C@H]3CCCC[C@@H]3N=O)[C@H]2c2ccc(Cl)cc2Cl)cc1. The minimum Gasteiger partial charge on any atom is -0.366 e. The van der Waals surface area contributed by atoms with Gasteiger partial charge in [-0.3, -0.25) is 19.2 Å². The van der Waals surface area contributed by atoms with Crippen LogP contribution in [-0.2, 0) is 16.2 Å². The number of carbonyl (C=O) groups is 3. The Kier molecular flexibility index (Phi) is 8.68. The zero-order valence-electron chi connectivity index (χ0n) is 22.0. The first-order valence-electron chi connectivity index (χ1n) is 13.3. The van der Waals surface area contributed by atoms with E-state index in [9.17, 15) is 19.3 Å². The average molecular weight is 595 g/mol. The van der Waals surface area contributed by atoms with Crippen LogP contribution in [0.15, 0.2) is 71.9 Å². The highest BCUT2D eigenvalue weighted by Crippen LogP contribution is 2.48. The molecule has 9 nitrogen and oxygen atoms in total. The van der Waals surface area contributed by atoms with E-state index in [4.69, 9.17) is 33.8 Å². The summed E-state index contributed by atoms with van der Waals surface area (Å²) in [6.07, 6.45) is 2.76. The molecule has 0 radical (unpaired) electrons. The first kappa shape index (κ1) is 28.7. The third-order valence-electron chi connectivity index (χ3n) is 7.78. The van der Waals surface area contributed by atoms with E-state index >= 15 is 0 Å². The topological polar surface area (TPSA) is 131 Å². The molecule has 3 aromatic rings. The van der Waals surface area contributed by atoms with Crippen molar-refractivity contribution in [3.8, 4) is 0 Å². The van der Waals surface area contributed by atoms with E-state index in [1.165, 1.54) is 0 Å². The van der Waals surface area contributed by atoms with E-state index in [2.05, 4.69) is 10.7 Å². The maximum Gasteiger partial charge on any atom is 0.255 e. The van der Waals surface area contributed by atoms with Crippen molar-refractivity contribution in [3.63, 3.8) is 0 Å². The van der Waals surface area contributed by atoms with Gasteiger partial charge < -0.3 is 10.6 Å². The first-order valence-corrected chi connectivity index (χ1v) is 14.0. The van der Waals surface area contributed by atoms with Gasteiger partial charge in [0, 0.05) is 21.2 Å². The number of nitroso groups, excluding NO2 is 1. The van der Waals surface area contributed by atoms with Crippen molar-refractivity contribution >= 4 is 40.9 Å². The van der Waals surface area contributed by atoms with Gasteiger partial charge in [-0.1, -0.05) is 77.6 Å². The van der Waals surface area contributed by atoms with E-state index < -0.39 is 35.9 Å². The largest absolute Gasteiger partial charge is 0.366 e. The van der Waals surface area contributed by atoms with Gasteiger partial charge in [-0.05, 0) is 59.9 Å². The lowest BCUT2D eigenvalue weighted by atomic mass is 9.76. The van der Waals surface area contributed by atoms with Gasteiger partial charge >= 0.3 is 0 Å². The van der Waals surface area contributed by atoms with Gasteiger partial charge in [0.15, 0.2) is 0 Å². The number of nitrogens with one attached hydrogen (secondary N) is 1. The fraction of sp³-hybridized carbons (Fsp3) is 0.300. The highest BCUT2D eigenvalue weighted by atomic mass is 35.5. The Bertz CT molecular complexity index is 1480. The second-order valence-electron chi connectivity index (χ2n) is 10.2. The molecule has 0 aromatic heterocycles. The summed E-state index contributed by atoms with van der Waals surface area (Å²) in [5.74, 6) is -2.26. The number of fused-ring (bicyclic) bond motifs is 1. The van der Waals surface area contributed by atoms with Gasteiger partial charge in [-0.2, -0.15) is 4.91 Å². The summed E-state index contributed by atoms with van der Waals surface area (Å²) in [7, 11) is 0. The van der Waals surface area contributed by atoms with Crippen LogP contribution in [0.2, 0.25) is 10.0 Å². The second-order valence-corrected chi connectivity index (χ2v) is 11.1. The lowest BCUT2D eigenvalue weighted by molar-refractivity contribution is -0.138. The zero-order chi connectivity index (χ0) is 29.1. The molecule has 3 aromatic carbocycles. The molecule has 1 aliphatic heterocycles. The zero-order valence-corrected chi connectivity index (χ0v) is 23.5. The summed E-state index contributed by atoms with van der Waals surface area (Å²) in [4.78, 5) is 58.5.